The van der Waals surface area contributed by atoms with Crippen LogP contribution in [0.15, 0.2) is 29.4 Å². The van der Waals surface area contributed by atoms with E-state index in [-0.39, 0.29) is 11.9 Å². The van der Waals surface area contributed by atoms with Crippen LogP contribution in [0.5, 0.6) is 0 Å². The van der Waals surface area contributed by atoms with E-state index in [2.05, 4.69) is 32.8 Å². The molecule has 0 radical (unpaired) electrons. The van der Waals surface area contributed by atoms with Gasteiger partial charge in [-0.2, -0.15) is 0 Å². The summed E-state index contributed by atoms with van der Waals surface area (Å²) in [7, 11) is 0. The van der Waals surface area contributed by atoms with Gasteiger partial charge in [-0.3, -0.25) is 4.79 Å². The van der Waals surface area contributed by atoms with Crippen LogP contribution in [0.25, 0.3) is 0 Å². The van der Waals surface area contributed by atoms with Crippen molar-refractivity contribution >= 4 is 21.8 Å². The number of H-pyrrole nitrogens is 1. The molecule has 13 heavy (non-hydrogen) atoms. The normalized spacial score (nSPS) is 12.2. The Morgan fingerprint density at radius 2 is 2.54 bits per heavy atom. The van der Waals surface area contributed by atoms with Gasteiger partial charge >= 0.3 is 0 Å². The van der Waals surface area contributed by atoms with Crippen LogP contribution in [0, 0.1) is 0 Å². The molecule has 0 fully saturated rings. The second-order valence-electron chi connectivity index (χ2n) is 2.73. The average molecular weight is 243 g/mol. The second-order valence-corrected chi connectivity index (χ2v) is 3.65. The van der Waals surface area contributed by atoms with Crippen molar-refractivity contribution in [3.05, 3.63) is 35.1 Å². The highest BCUT2D eigenvalue weighted by Crippen LogP contribution is 2.10. The third kappa shape index (κ3) is 2.73. The Morgan fingerprint density at radius 1 is 1.85 bits per heavy atom. The van der Waals surface area contributed by atoms with Gasteiger partial charge in [0.1, 0.15) is 5.69 Å². The van der Waals surface area contributed by atoms with Crippen LogP contribution in [0.2, 0.25) is 0 Å². The molecule has 2 N–H and O–H groups in total. The van der Waals surface area contributed by atoms with Crippen LogP contribution in [0.4, 0.5) is 0 Å². The Hall–Kier alpha value is -1.03. The summed E-state index contributed by atoms with van der Waals surface area (Å²) in [5.74, 6) is -0.127. The predicted molar refractivity (Wildman–Crippen MR) is 55.6 cm³/mol. The summed E-state index contributed by atoms with van der Waals surface area (Å²) in [6, 6.07) is 1.71. The van der Waals surface area contributed by atoms with Crippen molar-refractivity contribution in [2.24, 2.45) is 0 Å². The lowest BCUT2D eigenvalue weighted by Gasteiger charge is -2.06. The van der Waals surface area contributed by atoms with Crippen LogP contribution in [-0.4, -0.2) is 16.9 Å². The van der Waals surface area contributed by atoms with Crippen molar-refractivity contribution in [2.45, 2.75) is 13.0 Å². The first-order valence-corrected chi connectivity index (χ1v) is 4.70. The van der Waals surface area contributed by atoms with Gasteiger partial charge in [0, 0.05) is 16.7 Å². The summed E-state index contributed by atoms with van der Waals surface area (Å²) in [4.78, 5) is 14.3. The van der Waals surface area contributed by atoms with Gasteiger partial charge in [0.15, 0.2) is 0 Å². The summed E-state index contributed by atoms with van der Waals surface area (Å²) in [6.45, 7) is 5.44. The molecule has 70 valence electrons. The lowest BCUT2D eigenvalue weighted by atomic mass is 10.3. The standard InChI is InChI=1S/C9H11BrN2O/c1-3-6(2)12-9(13)8-4-7(10)5-11-8/h3-6,11H,1H2,2H3,(H,12,13). The third-order valence-electron chi connectivity index (χ3n) is 1.60. The number of nitrogens with one attached hydrogen (secondary N) is 2. The van der Waals surface area contributed by atoms with E-state index in [1.165, 1.54) is 0 Å². The smallest absolute Gasteiger partial charge is 0.268 e. The van der Waals surface area contributed by atoms with Crippen molar-refractivity contribution < 1.29 is 4.79 Å². The summed E-state index contributed by atoms with van der Waals surface area (Å²) < 4.78 is 0.865. The molecule has 0 saturated heterocycles. The molecule has 0 saturated carbocycles. The molecule has 0 aliphatic heterocycles. The number of carbonyl (C=O) groups excluding carboxylic acids is 1. The van der Waals surface area contributed by atoms with Crippen LogP contribution in [-0.2, 0) is 0 Å². The molecule has 4 heteroatoms. The highest BCUT2D eigenvalue weighted by molar-refractivity contribution is 9.10. The topological polar surface area (TPSA) is 44.9 Å². The monoisotopic (exact) mass is 242 g/mol. The average Bonchev–Trinajstić information content (AvgIpc) is 2.51. The van der Waals surface area contributed by atoms with Gasteiger partial charge in [-0.05, 0) is 28.9 Å². The van der Waals surface area contributed by atoms with E-state index in [1.807, 2.05) is 6.92 Å². The van der Waals surface area contributed by atoms with Crippen molar-refractivity contribution in [3.63, 3.8) is 0 Å². The number of hydrogen-bond donors (Lipinski definition) is 2. The third-order valence-corrected chi connectivity index (χ3v) is 2.06. The highest BCUT2D eigenvalue weighted by Gasteiger charge is 2.08. The zero-order valence-corrected chi connectivity index (χ0v) is 8.89. The maximum Gasteiger partial charge on any atom is 0.268 e. The first-order chi connectivity index (χ1) is 6.13. The lowest BCUT2D eigenvalue weighted by Crippen LogP contribution is -2.30. The maximum absolute atomic E-state index is 11.4. The van der Waals surface area contributed by atoms with Crippen molar-refractivity contribution in [3.8, 4) is 0 Å². The summed E-state index contributed by atoms with van der Waals surface area (Å²) in [6.07, 6.45) is 3.39. The van der Waals surface area contributed by atoms with E-state index in [4.69, 9.17) is 0 Å². The molecule has 1 atom stereocenters. The van der Waals surface area contributed by atoms with Gasteiger partial charge in [0.2, 0.25) is 0 Å². The molecule has 1 aromatic rings. The van der Waals surface area contributed by atoms with Crippen molar-refractivity contribution in [1.29, 1.82) is 0 Å². The van der Waals surface area contributed by atoms with Crippen LogP contribution in [0.3, 0.4) is 0 Å². The van der Waals surface area contributed by atoms with Crippen LogP contribution < -0.4 is 5.32 Å². The van der Waals surface area contributed by atoms with E-state index in [1.54, 1.807) is 18.3 Å². The quantitative estimate of drug-likeness (QED) is 0.784. The number of aromatic amines is 1. The molecule has 0 spiro atoms. The largest absolute Gasteiger partial charge is 0.356 e. The van der Waals surface area contributed by atoms with Gasteiger partial charge in [0.25, 0.3) is 5.91 Å². The number of hydrogen-bond acceptors (Lipinski definition) is 1. The molecule has 0 aromatic carbocycles. The minimum absolute atomic E-state index is 0.0189. The lowest BCUT2D eigenvalue weighted by molar-refractivity contribution is 0.0942. The fourth-order valence-electron chi connectivity index (χ4n) is 0.842. The Morgan fingerprint density at radius 3 is 3.00 bits per heavy atom. The fraction of sp³-hybridized carbons (Fsp3) is 0.222. The Kier molecular flexibility index (Phi) is 3.31. The van der Waals surface area contributed by atoms with E-state index in [9.17, 15) is 4.79 Å². The molecule has 1 rings (SSSR count). The summed E-state index contributed by atoms with van der Waals surface area (Å²) in [5, 5.41) is 2.75. The van der Waals surface area contributed by atoms with E-state index in [0.717, 1.165) is 4.47 Å². The van der Waals surface area contributed by atoms with Crippen LogP contribution >= 0.6 is 15.9 Å². The van der Waals surface area contributed by atoms with Crippen LogP contribution in [0.1, 0.15) is 17.4 Å². The summed E-state index contributed by atoms with van der Waals surface area (Å²) >= 11 is 3.25. The second kappa shape index (κ2) is 4.28. The number of amides is 1. The fourth-order valence-corrected chi connectivity index (χ4v) is 1.19. The van der Waals surface area contributed by atoms with Gasteiger partial charge < -0.3 is 10.3 Å². The Bertz CT molecular complexity index is 319. The van der Waals surface area contributed by atoms with Gasteiger partial charge in [0.05, 0.1) is 0 Å². The molecule has 0 aliphatic carbocycles. The molecular weight excluding hydrogens is 232 g/mol. The molecule has 1 unspecified atom stereocenters. The maximum atomic E-state index is 11.4. The molecule has 1 heterocycles. The van der Waals surface area contributed by atoms with Crippen molar-refractivity contribution in [1.82, 2.24) is 10.3 Å². The minimum Gasteiger partial charge on any atom is -0.356 e. The predicted octanol–water partition coefficient (Wildman–Crippen LogP) is 2.08. The zero-order valence-electron chi connectivity index (χ0n) is 7.30. The van der Waals surface area contributed by atoms with Gasteiger partial charge in [-0.1, -0.05) is 6.08 Å². The SMILES string of the molecule is C=CC(C)NC(=O)c1cc(Br)c[nH]1. The molecule has 1 aromatic heterocycles. The van der Waals surface area contributed by atoms with Gasteiger partial charge in [-0.15, -0.1) is 6.58 Å². The zero-order chi connectivity index (χ0) is 9.84. The first-order valence-electron chi connectivity index (χ1n) is 3.91. The molecular formula is C9H11BrN2O. The van der Waals surface area contributed by atoms with Gasteiger partial charge in [-0.25, -0.2) is 0 Å². The number of carbonyl (C=O) groups is 1. The molecule has 0 aliphatic rings. The Labute approximate surface area is 85.4 Å². The molecule has 1 amide bonds. The van der Waals surface area contributed by atoms with E-state index < -0.39 is 0 Å². The summed E-state index contributed by atoms with van der Waals surface area (Å²) in [5.41, 5.74) is 0.542. The number of halogens is 1. The molecule has 3 nitrogen and oxygen atoms in total. The highest BCUT2D eigenvalue weighted by atomic mass is 79.9. The van der Waals surface area contributed by atoms with E-state index >= 15 is 0 Å². The number of rotatable bonds is 3. The van der Waals surface area contributed by atoms with Crippen molar-refractivity contribution in [2.75, 3.05) is 0 Å². The van der Waals surface area contributed by atoms with E-state index in [0.29, 0.717) is 5.69 Å². The molecule has 0 bridgehead atoms. The first kappa shape index (κ1) is 10.1. The minimum atomic E-state index is -0.127. The Balaban J connectivity index is 2.63. The number of aromatic nitrogens is 1.